The zero-order valence-electron chi connectivity index (χ0n) is 18.9. The summed E-state index contributed by atoms with van der Waals surface area (Å²) in [5, 5.41) is 14.7. The first-order chi connectivity index (χ1) is 16.2. The van der Waals surface area contributed by atoms with Gasteiger partial charge < -0.3 is 19.9 Å². The van der Waals surface area contributed by atoms with Crippen LogP contribution in [0.25, 0.3) is 21.3 Å². The number of aromatic nitrogens is 3. The molecule has 0 spiro atoms. The minimum Gasteiger partial charge on any atom is -0.391 e. The summed E-state index contributed by atoms with van der Waals surface area (Å²) in [6.45, 7) is 3.09. The van der Waals surface area contributed by atoms with Gasteiger partial charge in [0.05, 0.1) is 39.7 Å². The smallest absolute Gasteiger partial charge is 0.184 e. The summed E-state index contributed by atoms with van der Waals surface area (Å²) in [4.78, 5) is 11.9. The number of piperidine rings is 1. The third kappa shape index (κ3) is 4.32. The first-order valence-corrected chi connectivity index (χ1v) is 13.1. The third-order valence-electron chi connectivity index (χ3n) is 7.17. The molecule has 0 unspecified atom stereocenters. The Hall–Kier alpha value is -2.64. The highest BCUT2D eigenvalue weighted by Gasteiger charge is 2.23. The lowest BCUT2D eigenvalue weighted by atomic mass is 9.93. The van der Waals surface area contributed by atoms with Gasteiger partial charge in [-0.05, 0) is 68.0 Å². The molecule has 0 amide bonds. The van der Waals surface area contributed by atoms with Crippen LogP contribution < -0.4 is 10.2 Å². The summed E-state index contributed by atoms with van der Waals surface area (Å²) in [5.74, 6) is 0. The number of imidazole rings is 1. The minimum atomic E-state index is -0.272. The molecular formula is C26H31N5OS. The number of rotatable bonds is 5. The Morgan fingerprint density at radius 1 is 0.970 bits per heavy atom. The molecule has 1 saturated carbocycles. The van der Waals surface area contributed by atoms with E-state index < -0.39 is 0 Å². The van der Waals surface area contributed by atoms with Crippen molar-refractivity contribution in [3.63, 3.8) is 0 Å². The number of anilines is 2. The van der Waals surface area contributed by atoms with Gasteiger partial charge in [0.1, 0.15) is 0 Å². The largest absolute Gasteiger partial charge is 0.391 e. The molecule has 2 atom stereocenters. The van der Waals surface area contributed by atoms with Crippen LogP contribution in [0.5, 0.6) is 0 Å². The van der Waals surface area contributed by atoms with Crippen LogP contribution in [-0.4, -0.2) is 44.9 Å². The third-order valence-corrected chi connectivity index (χ3v) is 8.12. The van der Waals surface area contributed by atoms with Crippen molar-refractivity contribution in [2.75, 3.05) is 23.3 Å². The summed E-state index contributed by atoms with van der Waals surface area (Å²) in [6.07, 6.45) is 9.77. The van der Waals surface area contributed by atoms with Gasteiger partial charge in [-0.3, -0.25) is 0 Å². The second-order valence-corrected chi connectivity index (χ2v) is 10.5. The molecule has 2 fully saturated rings. The van der Waals surface area contributed by atoms with Gasteiger partial charge in [-0.25, -0.2) is 9.97 Å². The molecule has 1 aliphatic heterocycles. The molecule has 172 valence electrons. The highest BCUT2D eigenvalue weighted by atomic mass is 32.1. The average molecular weight is 462 g/mol. The number of hydrogen-bond acceptors (Lipinski definition) is 6. The first kappa shape index (κ1) is 20.9. The molecule has 2 aromatic carbocycles. The van der Waals surface area contributed by atoms with Gasteiger partial charge in [0.25, 0.3) is 0 Å². The summed E-state index contributed by atoms with van der Waals surface area (Å²) in [5.41, 5.74) is 5.79. The van der Waals surface area contributed by atoms with E-state index in [0.717, 1.165) is 55.1 Å². The van der Waals surface area contributed by atoms with E-state index in [-0.39, 0.29) is 12.1 Å². The quantitative estimate of drug-likeness (QED) is 0.417. The van der Waals surface area contributed by atoms with Gasteiger partial charge in [0, 0.05) is 25.3 Å². The highest BCUT2D eigenvalue weighted by molar-refractivity contribution is 7.22. The summed E-state index contributed by atoms with van der Waals surface area (Å²) in [7, 11) is 0. The van der Waals surface area contributed by atoms with E-state index >= 15 is 0 Å². The topological polar surface area (TPSA) is 66.2 Å². The number of benzene rings is 2. The fraction of sp³-hybridized carbons (Fsp3) is 0.462. The second-order valence-electron chi connectivity index (χ2n) is 9.52. The van der Waals surface area contributed by atoms with Gasteiger partial charge in [-0.2, -0.15) is 0 Å². The first-order valence-electron chi connectivity index (χ1n) is 12.3. The van der Waals surface area contributed by atoms with Crippen LogP contribution in [0.1, 0.15) is 50.5 Å². The number of aliphatic hydroxyl groups is 1. The molecular weight excluding hydrogens is 430 g/mol. The zero-order valence-corrected chi connectivity index (χ0v) is 19.7. The lowest BCUT2D eigenvalue weighted by molar-refractivity contribution is 0.116. The van der Waals surface area contributed by atoms with Crippen LogP contribution in [0.4, 0.5) is 10.8 Å². The Labute approximate surface area is 198 Å². The molecule has 1 saturated heterocycles. The fourth-order valence-electron chi connectivity index (χ4n) is 5.29. The molecule has 0 radical (unpaired) electrons. The molecule has 1 aliphatic carbocycles. The Kier molecular flexibility index (Phi) is 5.68. The molecule has 2 aromatic heterocycles. The molecule has 2 aliphatic rings. The Balaban J connectivity index is 1.20. The van der Waals surface area contributed by atoms with E-state index in [9.17, 15) is 5.11 Å². The van der Waals surface area contributed by atoms with Crippen LogP contribution in [0.3, 0.4) is 0 Å². The van der Waals surface area contributed by atoms with Crippen molar-refractivity contribution in [3.05, 3.63) is 48.3 Å². The Bertz CT molecular complexity index is 1260. The predicted molar refractivity (Wildman–Crippen MR) is 136 cm³/mol. The van der Waals surface area contributed by atoms with Crippen molar-refractivity contribution in [1.29, 1.82) is 0 Å². The summed E-state index contributed by atoms with van der Waals surface area (Å²) >= 11 is 1.68. The van der Waals surface area contributed by atoms with E-state index in [1.165, 1.54) is 47.2 Å². The maximum Gasteiger partial charge on any atom is 0.184 e. The molecule has 6 rings (SSSR count). The van der Waals surface area contributed by atoms with E-state index in [1.807, 2.05) is 6.33 Å². The van der Waals surface area contributed by atoms with E-state index in [0.29, 0.717) is 0 Å². The normalized spacial score (nSPS) is 21.7. The second kappa shape index (κ2) is 8.95. The zero-order chi connectivity index (χ0) is 22.2. The maximum atomic E-state index is 10.3. The lowest BCUT2D eigenvalue weighted by Gasteiger charge is -2.28. The standard InChI is InChI=1S/C26H31N5OS/c32-24-7-3-2-6-20(24)28-26-29-21-10-8-18(14-25(21)33-26)16-31-17-27-22-15-19(9-11-23(22)31)30-12-4-1-5-13-30/h8-11,14-15,17,20,24,32H,1-7,12-13,16H2,(H,28,29)/t20-,24-/m1/s1. The van der Waals surface area contributed by atoms with Crippen molar-refractivity contribution in [3.8, 4) is 0 Å². The molecule has 6 nitrogen and oxygen atoms in total. The van der Waals surface area contributed by atoms with Crippen LogP contribution >= 0.6 is 11.3 Å². The van der Waals surface area contributed by atoms with E-state index in [4.69, 9.17) is 9.97 Å². The molecule has 3 heterocycles. The van der Waals surface area contributed by atoms with Crippen molar-refractivity contribution < 1.29 is 5.11 Å². The molecule has 33 heavy (non-hydrogen) atoms. The van der Waals surface area contributed by atoms with Crippen LogP contribution in [0, 0.1) is 0 Å². The lowest BCUT2D eigenvalue weighted by Crippen LogP contribution is -2.36. The fourth-order valence-corrected chi connectivity index (χ4v) is 6.28. The van der Waals surface area contributed by atoms with Crippen LogP contribution in [0.15, 0.2) is 42.7 Å². The monoisotopic (exact) mass is 461 g/mol. The van der Waals surface area contributed by atoms with E-state index in [1.54, 1.807) is 11.3 Å². The van der Waals surface area contributed by atoms with Crippen molar-refractivity contribution >= 4 is 43.4 Å². The van der Waals surface area contributed by atoms with Crippen molar-refractivity contribution in [2.45, 2.75) is 63.6 Å². The highest BCUT2D eigenvalue weighted by Crippen LogP contribution is 2.30. The van der Waals surface area contributed by atoms with Gasteiger partial charge in [0.15, 0.2) is 5.13 Å². The van der Waals surface area contributed by atoms with Gasteiger partial charge in [0.2, 0.25) is 0 Å². The summed E-state index contributed by atoms with van der Waals surface area (Å²) in [6, 6.07) is 13.3. The van der Waals surface area contributed by atoms with Gasteiger partial charge in [-0.1, -0.05) is 30.2 Å². The number of aliphatic hydroxyl groups excluding tert-OH is 1. The van der Waals surface area contributed by atoms with Crippen molar-refractivity contribution in [1.82, 2.24) is 14.5 Å². The predicted octanol–water partition coefficient (Wildman–Crippen LogP) is 5.40. The maximum absolute atomic E-state index is 10.3. The SMILES string of the molecule is O[C@@H]1CCCC[C@H]1Nc1nc2ccc(Cn3cnc4cc(N5CCCCC5)ccc43)cc2s1. The molecule has 0 bridgehead atoms. The summed E-state index contributed by atoms with van der Waals surface area (Å²) < 4.78 is 3.41. The number of thiazole rings is 1. The molecule has 4 aromatic rings. The van der Waals surface area contributed by atoms with E-state index in [2.05, 4.69) is 51.2 Å². The number of nitrogens with zero attached hydrogens (tertiary/aromatic N) is 4. The Morgan fingerprint density at radius 3 is 2.73 bits per heavy atom. The van der Waals surface area contributed by atoms with Crippen LogP contribution in [-0.2, 0) is 6.54 Å². The molecule has 2 N–H and O–H groups in total. The van der Waals surface area contributed by atoms with Gasteiger partial charge >= 0.3 is 0 Å². The Morgan fingerprint density at radius 2 is 1.85 bits per heavy atom. The number of nitrogens with one attached hydrogen (secondary N) is 1. The minimum absolute atomic E-state index is 0.117. The van der Waals surface area contributed by atoms with Crippen molar-refractivity contribution in [2.24, 2.45) is 0 Å². The van der Waals surface area contributed by atoms with Gasteiger partial charge in [-0.15, -0.1) is 0 Å². The molecule has 7 heteroatoms. The number of hydrogen-bond donors (Lipinski definition) is 2. The number of fused-ring (bicyclic) bond motifs is 2. The van der Waals surface area contributed by atoms with Crippen LogP contribution in [0.2, 0.25) is 0 Å². The average Bonchev–Trinajstić information content (AvgIpc) is 3.44.